The molecule has 0 saturated heterocycles. The minimum Gasteiger partial charge on any atom is -0.484 e. The quantitative estimate of drug-likeness (QED) is 0.766. The van der Waals surface area contributed by atoms with E-state index in [4.69, 9.17) is 9.47 Å². The van der Waals surface area contributed by atoms with Crippen LogP contribution in [0.5, 0.6) is 5.75 Å². The minimum atomic E-state index is -0.581. The Morgan fingerprint density at radius 3 is 2.62 bits per heavy atom. The van der Waals surface area contributed by atoms with Crippen molar-refractivity contribution in [1.82, 2.24) is 10.6 Å². The van der Waals surface area contributed by atoms with Crippen molar-refractivity contribution in [3.05, 3.63) is 29.8 Å². The first-order valence-corrected chi connectivity index (χ1v) is 6.54. The molecule has 114 valence electrons. The summed E-state index contributed by atoms with van der Waals surface area (Å²) in [6.45, 7) is 3.81. The summed E-state index contributed by atoms with van der Waals surface area (Å²) >= 11 is 0. The predicted molar refractivity (Wildman–Crippen MR) is 75.1 cm³/mol. The average Bonchev–Trinajstić information content (AvgIpc) is 2.46. The van der Waals surface area contributed by atoms with E-state index in [0.717, 1.165) is 0 Å². The molecule has 0 bridgehead atoms. The van der Waals surface area contributed by atoms with Gasteiger partial charge < -0.3 is 14.8 Å². The summed E-state index contributed by atoms with van der Waals surface area (Å²) in [4.78, 5) is 34.1. The Labute approximate surface area is 122 Å². The molecule has 7 nitrogen and oxygen atoms in total. The summed E-state index contributed by atoms with van der Waals surface area (Å²) in [5.74, 6) is -0.705. The van der Waals surface area contributed by atoms with Crippen LogP contribution < -0.4 is 15.4 Å². The van der Waals surface area contributed by atoms with Gasteiger partial charge in [-0.3, -0.25) is 10.1 Å². The van der Waals surface area contributed by atoms with Crippen LogP contribution in [0.15, 0.2) is 24.3 Å². The van der Waals surface area contributed by atoms with Gasteiger partial charge in [0.2, 0.25) is 0 Å². The Balaban J connectivity index is 2.52. The second-order valence-electron chi connectivity index (χ2n) is 3.94. The molecule has 0 aliphatic heterocycles. The molecule has 0 aromatic heterocycles. The number of hydrogen-bond acceptors (Lipinski definition) is 5. The molecule has 0 fully saturated rings. The summed E-state index contributed by atoms with van der Waals surface area (Å²) < 4.78 is 10.1. The van der Waals surface area contributed by atoms with Gasteiger partial charge in [0.05, 0.1) is 12.2 Å². The lowest BCUT2D eigenvalue weighted by Crippen LogP contribution is -2.41. The van der Waals surface area contributed by atoms with Crippen LogP contribution in [0.25, 0.3) is 0 Å². The van der Waals surface area contributed by atoms with E-state index >= 15 is 0 Å². The van der Waals surface area contributed by atoms with E-state index in [0.29, 0.717) is 17.9 Å². The molecule has 0 aliphatic carbocycles. The first-order chi connectivity index (χ1) is 10.1. The van der Waals surface area contributed by atoms with Gasteiger partial charge in [-0.25, -0.2) is 9.59 Å². The van der Waals surface area contributed by atoms with Crippen molar-refractivity contribution in [2.75, 3.05) is 19.8 Å². The first-order valence-electron chi connectivity index (χ1n) is 6.54. The molecule has 0 atom stereocenters. The number of nitrogens with one attached hydrogen (secondary N) is 2. The molecule has 0 spiro atoms. The average molecular weight is 294 g/mol. The lowest BCUT2D eigenvalue weighted by molar-refractivity contribution is -0.122. The molecule has 0 radical (unpaired) electrons. The summed E-state index contributed by atoms with van der Waals surface area (Å²) in [6, 6.07) is 5.69. The zero-order valence-corrected chi connectivity index (χ0v) is 12.0. The van der Waals surface area contributed by atoms with Gasteiger partial charge in [0, 0.05) is 6.54 Å². The zero-order chi connectivity index (χ0) is 15.7. The van der Waals surface area contributed by atoms with E-state index in [1.807, 2.05) is 0 Å². The standard InChI is InChI=1S/C14H18N2O5/c1-3-15-14(19)16-12(17)9-21-11-7-5-6-10(8-11)13(18)20-4-2/h5-8H,3-4,9H2,1-2H3,(H2,15,16,17,19). The molecule has 7 heteroatoms. The van der Waals surface area contributed by atoms with Crippen LogP contribution in [0.3, 0.4) is 0 Å². The van der Waals surface area contributed by atoms with Crippen molar-refractivity contribution >= 4 is 17.9 Å². The van der Waals surface area contributed by atoms with Crippen molar-refractivity contribution in [3.63, 3.8) is 0 Å². The number of urea groups is 1. The maximum Gasteiger partial charge on any atom is 0.338 e. The van der Waals surface area contributed by atoms with Crippen LogP contribution >= 0.6 is 0 Å². The molecule has 0 saturated carbocycles. The fraction of sp³-hybridized carbons (Fsp3) is 0.357. The van der Waals surface area contributed by atoms with Gasteiger partial charge >= 0.3 is 12.0 Å². The monoisotopic (exact) mass is 294 g/mol. The SMILES string of the molecule is CCNC(=O)NC(=O)COc1cccc(C(=O)OCC)c1. The van der Waals surface area contributed by atoms with Crippen molar-refractivity contribution in [1.29, 1.82) is 0 Å². The van der Waals surface area contributed by atoms with E-state index < -0.39 is 17.9 Å². The second kappa shape index (κ2) is 8.57. The summed E-state index contributed by atoms with van der Waals surface area (Å²) in [5.41, 5.74) is 0.332. The van der Waals surface area contributed by atoms with Crippen LogP contribution in [-0.2, 0) is 9.53 Å². The Morgan fingerprint density at radius 2 is 1.95 bits per heavy atom. The Bertz CT molecular complexity index is 516. The molecular weight excluding hydrogens is 276 g/mol. The highest BCUT2D eigenvalue weighted by Gasteiger charge is 2.10. The third kappa shape index (κ3) is 5.94. The number of imide groups is 1. The molecule has 1 aromatic rings. The van der Waals surface area contributed by atoms with Gasteiger partial charge in [-0.2, -0.15) is 0 Å². The number of amides is 3. The van der Waals surface area contributed by atoms with Crippen molar-refractivity contribution in [2.24, 2.45) is 0 Å². The van der Waals surface area contributed by atoms with Crippen LogP contribution in [0.4, 0.5) is 4.79 Å². The largest absolute Gasteiger partial charge is 0.484 e. The molecule has 0 unspecified atom stereocenters. The number of esters is 1. The van der Waals surface area contributed by atoms with Crippen LogP contribution in [0, 0.1) is 0 Å². The van der Waals surface area contributed by atoms with Crippen LogP contribution in [-0.4, -0.2) is 37.7 Å². The summed E-state index contributed by atoms with van der Waals surface area (Å²) in [7, 11) is 0. The Hall–Kier alpha value is -2.57. The minimum absolute atomic E-state index is 0.277. The van der Waals surface area contributed by atoms with Gasteiger partial charge in [0.25, 0.3) is 5.91 Å². The number of carbonyl (C=O) groups is 3. The normalized spacial score (nSPS) is 9.62. The van der Waals surface area contributed by atoms with E-state index in [1.165, 1.54) is 6.07 Å². The number of hydrogen-bond donors (Lipinski definition) is 2. The maximum atomic E-state index is 11.5. The number of carbonyl (C=O) groups excluding carboxylic acids is 3. The molecule has 1 rings (SSSR count). The summed E-state index contributed by atoms with van der Waals surface area (Å²) in [6.07, 6.45) is 0. The smallest absolute Gasteiger partial charge is 0.338 e. The van der Waals surface area contributed by atoms with Gasteiger partial charge in [-0.15, -0.1) is 0 Å². The van der Waals surface area contributed by atoms with Crippen molar-refractivity contribution < 1.29 is 23.9 Å². The Morgan fingerprint density at radius 1 is 1.19 bits per heavy atom. The maximum absolute atomic E-state index is 11.5. The van der Waals surface area contributed by atoms with Crippen LogP contribution in [0.1, 0.15) is 24.2 Å². The van der Waals surface area contributed by atoms with E-state index in [9.17, 15) is 14.4 Å². The molecule has 2 N–H and O–H groups in total. The number of rotatable bonds is 6. The van der Waals surface area contributed by atoms with Gasteiger partial charge in [-0.05, 0) is 32.0 Å². The fourth-order valence-electron chi connectivity index (χ4n) is 1.44. The highest BCUT2D eigenvalue weighted by molar-refractivity contribution is 5.95. The van der Waals surface area contributed by atoms with E-state index in [1.54, 1.807) is 32.0 Å². The lowest BCUT2D eigenvalue weighted by Gasteiger charge is -2.08. The third-order valence-electron chi connectivity index (χ3n) is 2.31. The highest BCUT2D eigenvalue weighted by Crippen LogP contribution is 2.14. The summed E-state index contributed by atoms with van der Waals surface area (Å²) in [5, 5.41) is 4.53. The van der Waals surface area contributed by atoms with E-state index in [2.05, 4.69) is 10.6 Å². The van der Waals surface area contributed by atoms with Gasteiger partial charge in [0.15, 0.2) is 6.61 Å². The molecule has 0 heterocycles. The molecule has 0 aliphatic rings. The van der Waals surface area contributed by atoms with E-state index in [-0.39, 0.29) is 13.2 Å². The molecule has 3 amide bonds. The third-order valence-corrected chi connectivity index (χ3v) is 2.31. The second-order valence-corrected chi connectivity index (χ2v) is 3.94. The molecule has 1 aromatic carbocycles. The van der Waals surface area contributed by atoms with Crippen LogP contribution in [0.2, 0.25) is 0 Å². The highest BCUT2D eigenvalue weighted by atomic mass is 16.5. The van der Waals surface area contributed by atoms with Crippen molar-refractivity contribution in [2.45, 2.75) is 13.8 Å². The van der Waals surface area contributed by atoms with Crippen molar-refractivity contribution in [3.8, 4) is 5.75 Å². The molecule has 21 heavy (non-hydrogen) atoms. The molecular formula is C14H18N2O5. The van der Waals surface area contributed by atoms with Gasteiger partial charge in [-0.1, -0.05) is 6.07 Å². The number of ether oxygens (including phenoxy) is 2. The predicted octanol–water partition coefficient (Wildman–Crippen LogP) is 1.09. The number of benzene rings is 1. The topological polar surface area (TPSA) is 93.7 Å². The first kappa shape index (κ1) is 16.5. The Kier molecular flexibility index (Phi) is 6.73. The zero-order valence-electron chi connectivity index (χ0n) is 12.0. The fourth-order valence-corrected chi connectivity index (χ4v) is 1.44. The van der Waals surface area contributed by atoms with Gasteiger partial charge in [0.1, 0.15) is 5.75 Å². The lowest BCUT2D eigenvalue weighted by atomic mass is 10.2.